The fourth-order valence-corrected chi connectivity index (χ4v) is 2.07. The number of carbonyl (C=O) groups excluding carboxylic acids is 1. The molecule has 0 aliphatic rings. The maximum Gasteiger partial charge on any atom is 0.246 e. The van der Waals surface area contributed by atoms with Crippen molar-refractivity contribution in [3.8, 4) is 11.5 Å². The van der Waals surface area contributed by atoms with Crippen molar-refractivity contribution in [2.24, 2.45) is 0 Å². The summed E-state index contributed by atoms with van der Waals surface area (Å²) in [5.74, 6) is 1.98. The summed E-state index contributed by atoms with van der Waals surface area (Å²) in [5, 5.41) is 0. The Morgan fingerprint density at radius 2 is 2.13 bits per heavy atom. The van der Waals surface area contributed by atoms with E-state index in [4.69, 9.17) is 13.9 Å². The summed E-state index contributed by atoms with van der Waals surface area (Å²) in [5.41, 5.74) is 0.869. The highest BCUT2D eigenvalue weighted by Gasteiger charge is 2.08. The minimum atomic E-state index is -0.102. The minimum Gasteiger partial charge on any atom is -0.493 e. The predicted molar refractivity (Wildman–Crippen MR) is 88.4 cm³/mol. The molecule has 0 saturated heterocycles. The van der Waals surface area contributed by atoms with Crippen LogP contribution in [0.3, 0.4) is 0 Å². The van der Waals surface area contributed by atoms with Gasteiger partial charge >= 0.3 is 0 Å². The standard InChI is InChI=1S/C18H21NO4/c1-4-22-17-12-14(7-9-16(17)21-3)8-10-18(20)19(2)13-15-6-5-11-23-15/h5-12H,4,13H2,1-3H3/b10-8+. The van der Waals surface area contributed by atoms with Gasteiger partial charge in [0.15, 0.2) is 11.5 Å². The third kappa shape index (κ3) is 4.64. The molecule has 2 aromatic rings. The summed E-state index contributed by atoms with van der Waals surface area (Å²) in [7, 11) is 3.33. The quantitative estimate of drug-likeness (QED) is 0.735. The number of ether oxygens (including phenoxy) is 2. The zero-order valence-corrected chi connectivity index (χ0v) is 13.6. The molecular formula is C18H21NO4. The Hall–Kier alpha value is -2.69. The van der Waals surface area contributed by atoms with Crippen molar-refractivity contribution in [2.45, 2.75) is 13.5 Å². The van der Waals surface area contributed by atoms with Crippen LogP contribution in [0.4, 0.5) is 0 Å². The molecule has 0 aliphatic heterocycles. The van der Waals surface area contributed by atoms with Crippen LogP contribution >= 0.6 is 0 Å². The molecule has 0 fully saturated rings. The molecule has 0 bridgehead atoms. The number of carbonyl (C=O) groups is 1. The molecule has 0 N–H and O–H groups in total. The molecule has 1 aromatic carbocycles. The van der Waals surface area contributed by atoms with Crippen molar-refractivity contribution in [3.05, 3.63) is 54.0 Å². The van der Waals surface area contributed by atoms with E-state index in [2.05, 4.69) is 0 Å². The summed E-state index contributed by atoms with van der Waals surface area (Å²) in [4.78, 5) is 13.7. The highest BCUT2D eigenvalue weighted by Crippen LogP contribution is 2.28. The first-order valence-corrected chi connectivity index (χ1v) is 7.40. The summed E-state index contributed by atoms with van der Waals surface area (Å²) in [6.07, 6.45) is 4.87. The highest BCUT2D eigenvalue weighted by molar-refractivity contribution is 5.91. The Morgan fingerprint density at radius 1 is 1.30 bits per heavy atom. The van der Waals surface area contributed by atoms with Gasteiger partial charge in [0.2, 0.25) is 5.91 Å². The van der Waals surface area contributed by atoms with Crippen molar-refractivity contribution < 1.29 is 18.7 Å². The number of hydrogen-bond donors (Lipinski definition) is 0. The molecule has 1 heterocycles. The summed E-state index contributed by atoms with van der Waals surface area (Å²) in [6, 6.07) is 9.18. The van der Waals surface area contributed by atoms with Gasteiger partial charge in [0.25, 0.3) is 0 Å². The van der Waals surface area contributed by atoms with Gasteiger partial charge in [-0.2, -0.15) is 0 Å². The molecule has 0 spiro atoms. The van der Waals surface area contributed by atoms with E-state index in [9.17, 15) is 4.79 Å². The fourth-order valence-electron chi connectivity index (χ4n) is 2.07. The average molecular weight is 315 g/mol. The van der Waals surface area contributed by atoms with Crippen molar-refractivity contribution in [2.75, 3.05) is 20.8 Å². The van der Waals surface area contributed by atoms with Gasteiger partial charge in [-0.1, -0.05) is 6.07 Å². The van der Waals surface area contributed by atoms with Crippen molar-refractivity contribution in [1.82, 2.24) is 4.90 Å². The zero-order valence-electron chi connectivity index (χ0n) is 13.6. The van der Waals surface area contributed by atoms with Gasteiger partial charge in [-0.3, -0.25) is 4.79 Å². The number of furan rings is 1. The SMILES string of the molecule is CCOc1cc(/C=C/C(=O)N(C)Cc2ccco2)ccc1OC. The molecule has 122 valence electrons. The molecule has 2 rings (SSSR count). The summed E-state index contributed by atoms with van der Waals surface area (Å²) >= 11 is 0. The van der Waals surface area contributed by atoms with E-state index < -0.39 is 0 Å². The van der Waals surface area contributed by atoms with Gasteiger partial charge in [-0.25, -0.2) is 0 Å². The van der Waals surface area contributed by atoms with E-state index in [0.717, 1.165) is 11.3 Å². The third-order valence-electron chi connectivity index (χ3n) is 3.26. The molecule has 0 atom stereocenters. The van der Waals surface area contributed by atoms with Crippen LogP contribution in [0.15, 0.2) is 47.1 Å². The van der Waals surface area contributed by atoms with E-state index in [-0.39, 0.29) is 5.91 Å². The van der Waals surface area contributed by atoms with Crippen LogP contribution < -0.4 is 9.47 Å². The number of nitrogens with zero attached hydrogens (tertiary/aromatic N) is 1. The minimum absolute atomic E-state index is 0.102. The molecule has 23 heavy (non-hydrogen) atoms. The molecule has 0 saturated carbocycles. The summed E-state index contributed by atoms with van der Waals surface area (Å²) in [6.45, 7) is 2.90. The molecule has 5 heteroatoms. The number of benzene rings is 1. The van der Waals surface area contributed by atoms with Gasteiger partial charge < -0.3 is 18.8 Å². The van der Waals surface area contributed by atoms with E-state index in [0.29, 0.717) is 24.7 Å². The Morgan fingerprint density at radius 3 is 2.78 bits per heavy atom. The monoisotopic (exact) mass is 315 g/mol. The second-order valence-electron chi connectivity index (χ2n) is 4.95. The van der Waals surface area contributed by atoms with Crippen molar-refractivity contribution in [1.29, 1.82) is 0 Å². The maximum atomic E-state index is 12.1. The Labute approximate surface area is 136 Å². The first-order chi connectivity index (χ1) is 11.1. The number of likely N-dealkylation sites (N-methyl/N-ethyl adjacent to an activating group) is 1. The first-order valence-electron chi connectivity index (χ1n) is 7.40. The third-order valence-corrected chi connectivity index (χ3v) is 3.26. The molecular weight excluding hydrogens is 294 g/mol. The van der Waals surface area contributed by atoms with Crippen LogP contribution in [0.5, 0.6) is 11.5 Å². The molecule has 1 amide bonds. The second-order valence-corrected chi connectivity index (χ2v) is 4.95. The van der Waals surface area contributed by atoms with Gasteiger partial charge in [0.05, 0.1) is 26.5 Å². The van der Waals surface area contributed by atoms with Crippen LogP contribution in [0.2, 0.25) is 0 Å². The largest absolute Gasteiger partial charge is 0.493 e. The highest BCUT2D eigenvalue weighted by atomic mass is 16.5. The van der Waals surface area contributed by atoms with E-state index in [1.807, 2.05) is 31.2 Å². The van der Waals surface area contributed by atoms with Crippen molar-refractivity contribution >= 4 is 12.0 Å². The smallest absolute Gasteiger partial charge is 0.246 e. The topological polar surface area (TPSA) is 51.9 Å². The Kier molecular flexibility index (Phi) is 5.86. The van der Waals surface area contributed by atoms with Gasteiger partial charge in [0, 0.05) is 13.1 Å². The van der Waals surface area contributed by atoms with Gasteiger partial charge in [-0.05, 0) is 42.8 Å². The summed E-state index contributed by atoms with van der Waals surface area (Å²) < 4.78 is 16.0. The number of methoxy groups -OCH3 is 1. The number of amides is 1. The lowest BCUT2D eigenvalue weighted by Gasteiger charge is -2.13. The van der Waals surface area contributed by atoms with E-state index in [1.165, 1.54) is 6.08 Å². The molecule has 5 nitrogen and oxygen atoms in total. The van der Waals surface area contributed by atoms with Crippen molar-refractivity contribution in [3.63, 3.8) is 0 Å². The zero-order chi connectivity index (χ0) is 16.7. The molecule has 1 aromatic heterocycles. The Bertz CT molecular complexity index is 662. The predicted octanol–water partition coefficient (Wildman–Crippen LogP) is 3.36. The molecule has 0 aliphatic carbocycles. The molecule has 0 unspecified atom stereocenters. The average Bonchev–Trinajstić information content (AvgIpc) is 3.06. The second kappa shape index (κ2) is 8.08. The first kappa shape index (κ1) is 16.7. The fraction of sp³-hybridized carbons (Fsp3) is 0.278. The molecule has 0 radical (unpaired) electrons. The number of rotatable bonds is 7. The van der Waals surface area contributed by atoms with Crippen LogP contribution in [0.25, 0.3) is 6.08 Å². The van der Waals surface area contributed by atoms with Crippen LogP contribution in [-0.4, -0.2) is 31.6 Å². The van der Waals surface area contributed by atoms with Crippen LogP contribution in [-0.2, 0) is 11.3 Å². The van der Waals surface area contributed by atoms with E-state index >= 15 is 0 Å². The van der Waals surface area contributed by atoms with Gasteiger partial charge in [-0.15, -0.1) is 0 Å². The number of hydrogen-bond acceptors (Lipinski definition) is 4. The lowest BCUT2D eigenvalue weighted by molar-refractivity contribution is -0.125. The van der Waals surface area contributed by atoms with Crippen LogP contribution in [0, 0.1) is 0 Å². The normalized spacial score (nSPS) is 10.7. The lowest BCUT2D eigenvalue weighted by atomic mass is 10.2. The lowest BCUT2D eigenvalue weighted by Crippen LogP contribution is -2.23. The van der Waals surface area contributed by atoms with E-state index in [1.54, 1.807) is 37.5 Å². The Balaban J connectivity index is 2.03. The van der Waals surface area contributed by atoms with Crippen LogP contribution in [0.1, 0.15) is 18.2 Å². The van der Waals surface area contributed by atoms with Gasteiger partial charge in [0.1, 0.15) is 5.76 Å². The maximum absolute atomic E-state index is 12.1.